The number of hydrogen-bond donors (Lipinski definition) is 2. The topological polar surface area (TPSA) is 84.7 Å². The van der Waals surface area contributed by atoms with Crippen LogP contribution < -0.4 is 10.6 Å². The predicted molar refractivity (Wildman–Crippen MR) is 101 cm³/mol. The van der Waals surface area contributed by atoms with E-state index in [1.54, 1.807) is 35.4 Å². The number of nitrogens with zero attached hydrogens (tertiary/aromatic N) is 4. The lowest BCUT2D eigenvalue weighted by molar-refractivity contribution is 0.0954. The third kappa shape index (κ3) is 4.18. The van der Waals surface area contributed by atoms with Crippen molar-refractivity contribution in [2.45, 2.75) is 13.3 Å². The van der Waals surface area contributed by atoms with E-state index in [4.69, 9.17) is 11.6 Å². The summed E-state index contributed by atoms with van der Waals surface area (Å²) >= 11 is 6.06. The summed E-state index contributed by atoms with van der Waals surface area (Å²) in [4.78, 5) is 20.6. The molecule has 0 saturated carbocycles. The first-order valence-electron chi connectivity index (χ1n) is 8.31. The molecule has 134 valence electrons. The molecule has 0 spiro atoms. The van der Waals surface area contributed by atoms with Gasteiger partial charge in [-0.1, -0.05) is 24.6 Å². The Morgan fingerprint density at radius 2 is 2.00 bits per heavy atom. The molecule has 7 nitrogen and oxygen atoms in total. The van der Waals surface area contributed by atoms with Crippen molar-refractivity contribution < 1.29 is 4.79 Å². The summed E-state index contributed by atoms with van der Waals surface area (Å²) in [6.07, 6.45) is 5.57. The third-order valence-electron chi connectivity index (χ3n) is 3.76. The van der Waals surface area contributed by atoms with E-state index in [0.717, 1.165) is 11.4 Å². The molecule has 0 aliphatic carbocycles. The van der Waals surface area contributed by atoms with Crippen LogP contribution in [0, 0.1) is 0 Å². The minimum Gasteiger partial charge on any atom is -0.352 e. The molecule has 2 heterocycles. The lowest BCUT2D eigenvalue weighted by Crippen LogP contribution is -2.29. The van der Waals surface area contributed by atoms with Gasteiger partial charge in [-0.25, -0.2) is 14.6 Å². The first-order chi connectivity index (χ1) is 12.7. The maximum absolute atomic E-state index is 12.5. The average molecular weight is 371 g/mol. The molecule has 1 amide bonds. The van der Waals surface area contributed by atoms with Gasteiger partial charge in [0.25, 0.3) is 5.91 Å². The van der Waals surface area contributed by atoms with Gasteiger partial charge in [0, 0.05) is 30.5 Å². The summed E-state index contributed by atoms with van der Waals surface area (Å²) in [5.74, 6) is 0.371. The fourth-order valence-corrected chi connectivity index (χ4v) is 2.75. The summed E-state index contributed by atoms with van der Waals surface area (Å²) in [5.41, 5.74) is 2.23. The number of hydrogen-bond acceptors (Lipinski definition) is 5. The molecule has 0 radical (unpaired) electrons. The molecule has 3 rings (SSSR count). The number of benzene rings is 1. The molecule has 0 saturated heterocycles. The zero-order valence-corrected chi connectivity index (χ0v) is 15.1. The van der Waals surface area contributed by atoms with E-state index < -0.39 is 0 Å². The maximum atomic E-state index is 12.5. The maximum Gasteiger partial charge on any atom is 0.254 e. The van der Waals surface area contributed by atoms with E-state index in [1.807, 2.05) is 25.1 Å². The van der Waals surface area contributed by atoms with Crippen molar-refractivity contribution in [3.63, 3.8) is 0 Å². The van der Waals surface area contributed by atoms with Crippen molar-refractivity contribution in [3.8, 4) is 5.69 Å². The number of amides is 1. The van der Waals surface area contributed by atoms with Crippen LogP contribution in [-0.2, 0) is 6.42 Å². The molecule has 26 heavy (non-hydrogen) atoms. The molecular weight excluding hydrogens is 352 g/mol. The van der Waals surface area contributed by atoms with Gasteiger partial charge in [-0.3, -0.25) is 4.79 Å². The van der Waals surface area contributed by atoms with Crippen LogP contribution in [0.3, 0.4) is 0 Å². The Labute approximate surface area is 156 Å². The summed E-state index contributed by atoms with van der Waals surface area (Å²) in [6.45, 7) is 2.96. The Morgan fingerprint density at radius 1 is 1.19 bits per heavy atom. The second kappa shape index (κ2) is 8.44. The van der Waals surface area contributed by atoms with Crippen molar-refractivity contribution in [2.75, 3.05) is 18.4 Å². The van der Waals surface area contributed by atoms with Gasteiger partial charge in [-0.05, 0) is 30.7 Å². The fourth-order valence-electron chi connectivity index (χ4n) is 2.57. The Hall–Kier alpha value is -2.93. The second-order valence-corrected chi connectivity index (χ2v) is 5.94. The van der Waals surface area contributed by atoms with E-state index in [-0.39, 0.29) is 5.91 Å². The molecule has 0 aliphatic rings. The van der Waals surface area contributed by atoms with Gasteiger partial charge in [0.15, 0.2) is 0 Å². The van der Waals surface area contributed by atoms with E-state index >= 15 is 0 Å². The highest BCUT2D eigenvalue weighted by Gasteiger charge is 2.16. The number of rotatable bonds is 7. The normalized spacial score (nSPS) is 10.5. The highest BCUT2D eigenvalue weighted by Crippen LogP contribution is 2.19. The molecule has 2 N–H and O–H groups in total. The van der Waals surface area contributed by atoms with Gasteiger partial charge < -0.3 is 10.6 Å². The van der Waals surface area contributed by atoms with Crippen molar-refractivity contribution in [1.29, 1.82) is 0 Å². The number of nitrogens with one attached hydrogen (secondary N) is 2. The van der Waals surface area contributed by atoms with E-state index in [1.165, 1.54) is 0 Å². The SMILES string of the molecule is CCc1c(C(=O)NCCNc2ncccn2)cnn1-c1cccc(Cl)c1. The summed E-state index contributed by atoms with van der Waals surface area (Å²) in [7, 11) is 0. The van der Waals surface area contributed by atoms with Crippen LogP contribution in [0.4, 0.5) is 5.95 Å². The smallest absolute Gasteiger partial charge is 0.254 e. The van der Waals surface area contributed by atoms with Crippen LogP contribution in [0.2, 0.25) is 5.02 Å². The van der Waals surface area contributed by atoms with Crippen molar-refractivity contribution >= 4 is 23.5 Å². The summed E-state index contributed by atoms with van der Waals surface area (Å²) in [6, 6.07) is 9.13. The molecule has 8 heteroatoms. The van der Waals surface area contributed by atoms with Crippen LogP contribution in [0.25, 0.3) is 5.69 Å². The van der Waals surface area contributed by atoms with E-state index in [0.29, 0.717) is 36.0 Å². The number of carbonyl (C=O) groups excluding carboxylic acids is 1. The zero-order valence-electron chi connectivity index (χ0n) is 14.3. The molecule has 0 bridgehead atoms. The van der Waals surface area contributed by atoms with Gasteiger partial charge in [-0.2, -0.15) is 5.10 Å². The monoisotopic (exact) mass is 370 g/mol. The summed E-state index contributed by atoms with van der Waals surface area (Å²) < 4.78 is 1.75. The average Bonchev–Trinajstić information content (AvgIpc) is 3.10. The quantitative estimate of drug-likeness (QED) is 0.625. The van der Waals surface area contributed by atoms with Gasteiger partial charge in [0.1, 0.15) is 0 Å². The van der Waals surface area contributed by atoms with Gasteiger partial charge in [-0.15, -0.1) is 0 Å². The number of anilines is 1. The lowest BCUT2D eigenvalue weighted by Gasteiger charge is -2.09. The third-order valence-corrected chi connectivity index (χ3v) is 4.00. The minimum atomic E-state index is -0.161. The van der Waals surface area contributed by atoms with Crippen LogP contribution >= 0.6 is 11.6 Å². The first kappa shape index (κ1) is 17.9. The zero-order chi connectivity index (χ0) is 18.4. The molecule has 0 aliphatic heterocycles. The highest BCUT2D eigenvalue weighted by molar-refractivity contribution is 6.30. The second-order valence-electron chi connectivity index (χ2n) is 5.51. The molecule has 1 aromatic carbocycles. The minimum absolute atomic E-state index is 0.161. The van der Waals surface area contributed by atoms with Crippen LogP contribution in [0.5, 0.6) is 0 Å². The van der Waals surface area contributed by atoms with Gasteiger partial charge in [0.05, 0.1) is 23.1 Å². The molecule has 3 aromatic rings. The fraction of sp³-hybridized carbons (Fsp3) is 0.222. The molecule has 0 atom stereocenters. The Morgan fingerprint density at radius 3 is 2.73 bits per heavy atom. The van der Waals surface area contributed by atoms with E-state index in [2.05, 4.69) is 25.7 Å². The van der Waals surface area contributed by atoms with Gasteiger partial charge >= 0.3 is 0 Å². The lowest BCUT2D eigenvalue weighted by atomic mass is 10.2. The van der Waals surface area contributed by atoms with Crippen molar-refractivity contribution in [3.05, 3.63) is 65.2 Å². The molecule has 2 aromatic heterocycles. The number of aromatic nitrogens is 4. The first-order valence-corrected chi connectivity index (χ1v) is 8.68. The molecule has 0 fully saturated rings. The highest BCUT2D eigenvalue weighted by atomic mass is 35.5. The van der Waals surface area contributed by atoms with Gasteiger partial charge in [0.2, 0.25) is 5.95 Å². The van der Waals surface area contributed by atoms with Crippen molar-refractivity contribution in [2.24, 2.45) is 0 Å². The molecule has 0 unspecified atom stereocenters. The standard InChI is InChI=1S/C18H19ClN6O/c1-2-16-15(12-24-25(16)14-6-3-5-13(19)11-14)17(26)20-9-10-23-18-21-7-4-8-22-18/h3-8,11-12H,2,9-10H2,1H3,(H,20,26)(H,21,22,23). The number of halogens is 1. The van der Waals surface area contributed by atoms with Crippen LogP contribution in [0.15, 0.2) is 48.9 Å². The Bertz CT molecular complexity index is 880. The summed E-state index contributed by atoms with van der Waals surface area (Å²) in [5, 5.41) is 10.9. The van der Waals surface area contributed by atoms with Crippen LogP contribution in [-0.4, -0.2) is 38.7 Å². The molecular formula is C18H19ClN6O. The van der Waals surface area contributed by atoms with E-state index in [9.17, 15) is 4.79 Å². The predicted octanol–water partition coefficient (Wildman–Crippen LogP) is 2.72. The largest absolute Gasteiger partial charge is 0.352 e. The van der Waals surface area contributed by atoms with Crippen molar-refractivity contribution in [1.82, 2.24) is 25.1 Å². The van der Waals surface area contributed by atoms with Crippen LogP contribution in [0.1, 0.15) is 23.0 Å². The Balaban J connectivity index is 1.64. The number of carbonyl (C=O) groups is 1. The Kier molecular flexibility index (Phi) is 5.80.